The molecule has 0 N–H and O–H groups in total. The summed E-state index contributed by atoms with van der Waals surface area (Å²) in [6.45, 7) is 0. The summed E-state index contributed by atoms with van der Waals surface area (Å²) in [4.78, 5) is 3.72. The average Bonchev–Trinajstić information content (AvgIpc) is 1.53. The molecule has 0 aromatic heterocycles. The number of rotatable bonds is 17. The molecule has 4 aliphatic rings. The van der Waals surface area contributed by atoms with Gasteiger partial charge in [-0.3, -0.25) is 0 Å². The van der Waals surface area contributed by atoms with Crippen LogP contribution in [0.2, 0.25) is 0 Å². The van der Waals surface area contributed by atoms with E-state index in [9.17, 15) is 0 Å². The second kappa shape index (κ2) is 26.7. The van der Waals surface area contributed by atoms with Gasteiger partial charge in [0.15, 0.2) is 0 Å². The number of halogens is 4. The smallest absolute Gasteiger partial charge is 0.150 e. The van der Waals surface area contributed by atoms with Crippen LogP contribution in [-0.2, 0) is 36.5 Å². The van der Waals surface area contributed by atoms with E-state index in [1.807, 2.05) is 107 Å². The third-order valence-electron chi connectivity index (χ3n) is 23.0. The van der Waals surface area contributed by atoms with E-state index in [1.54, 1.807) is 0 Å². The predicted molar refractivity (Wildman–Crippen MR) is 434 cm³/mol. The van der Waals surface area contributed by atoms with Crippen molar-refractivity contribution in [2.45, 2.75) is 36.5 Å². The molecule has 0 fully saturated rings. The van der Waals surface area contributed by atoms with Crippen molar-refractivity contribution in [1.82, 2.24) is 0 Å². The van der Waals surface area contributed by atoms with Gasteiger partial charge in [-0.1, -0.05) is 218 Å². The standard InChI is InChI=1S/C102H68F4N2O2/c103-79-37-55-99(97(105)61-79)107(83-43-53-91-89-51-31-73(65-13-5-1-6-14-65)59-93(89)101(95(91)63-83,75-17-9-3-10-18-75)77-33-47-85(48-34-77)109-87-45-29-69-21-23-71(69)57-87)81-39-25-67(26-40-81)68-27-41-82(42-28-68)108(100-56-38-80(104)62-98(100)106)84-44-54-92-90-52-32-74(66-15-7-2-8-16-66)60-94(90)102(96(92)64-84,76-19-11-4-12-20-76)78-35-49-86(50-36-78)110-88-46-30-70-22-24-72(70)58-88/h1-20,25-64H,21-24H2. The maximum Gasteiger partial charge on any atom is 0.150 e. The Morgan fingerprint density at radius 1 is 0.227 bits per heavy atom. The molecule has 110 heavy (non-hydrogen) atoms. The molecule has 526 valence electrons. The molecule has 16 aromatic rings. The van der Waals surface area contributed by atoms with Crippen molar-refractivity contribution in [2.75, 3.05) is 9.80 Å². The van der Waals surface area contributed by atoms with Crippen LogP contribution in [0.5, 0.6) is 23.0 Å². The number of anilines is 6. The Bertz CT molecular complexity index is 5870. The fourth-order valence-electron chi connectivity index (χ4n) is 17.5. The zero-order chi connectivity index (χ0) is 73.6. The first kappa shape index (κ1) is 65.9. The Kier molecular flexibility index (Phi) is 16.0. The van der Waals surface area contributed by atoms with Gasteiger partial charge in [0.2, 0.25) is 0 Å². The number of aryl methyl sites for hydroxylation is 4. The molecule has 2 atom stereocenters. The molecule has 8 heteroatoms. The van der Waals surface area contributed by atoms with Crippen LogP contribution < -0.4 is 19.3 Å². The first-order valence-corrected chi connectivity index (χ1v) is 37.4. The topological polar surface area (TPSA) is 24.9 Å². The van der Waals surface area contributed by atoms with Crippen LogP contribution in [0.4, 0.5) is 51.7 Å². The largest absolute Gasteiger partial charge is 0.457 e. The zero-order valence-corrected chi connectivity index (χ0v) is 59.7. The summed E-state index contributed by atoms with van der Waals surface area (Å²) in [5.41, 5.74) is 24.9. The van der Waals surface area contributed by atoms with Crippen molar-refractivity contribution >= 4 is 34.1 Å². The fraction of sp³-hybridized carbons (Fsp3) is 0.0588. The Balaban J connectivity index is 0.686. The molecular formula is C102H68F4N2O2. The number of hydrogen-bond donors (Lipinski definition) is 0. The molecule has 0 saturated heterocycles. The van der Waals surface area contributed by atoms with E-state index < -0.39 is 34.1 Å². The van der Waals surface area contributed by atoms with Gasteiger partial charge in [0, 0.05) is 34.9 Å². The van der Waals surface area contributed by atoms with Crippen LogP contribution in [0.1, 0.15) is 66.8 Å². The van der Waals surface area contributed by atoms with E-state index in [4.69, 9.17) is 9.47 Å². The molecule has 0 spiro atoms. The van der Waals surface area contributed by atoms with E-state index in [0.717, 1.165) is 149 Å². The Morgan fingerprint density at radius 3 is 0.891 bits per heavy atom. The molecular weight excluding hydrogens is 1360 g/mol. The van der Waals surface area contributed by atoms with Crippen molar-refractivity contribution in [1.29, 1.82) is 0 Å². The van der Waals surface area contributed by atoms with Gasteiger partial charge in [0.25, 0.3) is 0 Å². The number of fused-ring (bicyclic) bond motifs is 8. The minimum absolute atomic E-state index is 0.160. The molecule has 16 aromatic carbocycles. The lowest BCUT2D eigenvalue weighted by Gasteiger charge is -2.35. The number of benzene rings is 16. The molecule has 0 radical (unpaired) electrons. The van der Waals surface area contributed by atoms with Crippen molar-refractivity contribution in [3.8, 4) is 78.6 Å². The summed E-state index contributed by atoms with van der Waals surface area (Å²) in [5.74, 6) is 0.188. The molecule has 0 heterocycles. The van der Waals surface area contributed by atoms with Gasteiger partial charge in [0.05, 0.1) is 22.2 Å². The third kappa shape index (κ3) is 11.1. The summed E-state index contributed by atoms with van der Waals surface area (Å²) >= 11 is 0. The van der Waals surface area contributed by atoms with Crippen molar-refractivity contribution < 1.29 is 27.0 Å². The normalized spacial score (nSPS) is 15.2. The minimum atomic E-state index is -0.902. The van der Waals surface area contributed by atoms with Crippen LogP contribution >= 0.6 is 0 Å². The molecule has 0 bridgehead atoms. The number of ether oxygens (including phenoxy) is 2. The zero-order valence-electron chi connectivity index (χ0n) is 59.7. The van der Waals surface area contributed by atoms with Crippen molar-refractivity contribution in [3.05, 3.63) is 454 Å². The van der Waals surface area contributed by atoms with Gasteiger partial charge in [-0.25, -0.2) is 17.6 Å². The molecule has 0 saturated carbocycles. The highest BCUT2D eigenvalue weighted by atomic mass is 19.1. The van der Waals surface area contributed by atoms with E-state index in [0.29, 0.717) is 34.2 Å². The average molecular weight is 1430 g/mol. The van der Waals surface area contributed by atoms with Gasteiger partial charge in [-0.2, -0.15) is 0 Å². The Labute approximate surface area is 636 Å². The second-order valence-electron chi connectivity index (χ2n) is 29.0. The predicted octanol–water partition coefficient (Wildman–Crippen LogP) is 26.7. The maximum atomic E-state index is 17.0. The Hall–Kier alpha value is -13.6. The van der Waals surface area contributed by atoms with Gasteiger partial charge < -0.3 is 19.3 Å². The first-order valence-electron chi connectivity index (χ1n) is 37.4. The number of hydrogen-bond acceptors (Lipinski definition) is 4. The van der Waals surface area contributed by atoms with Crippen LogP contribution in [0.25, 0.3) is 55.6 Å². The van der Waals surface area contributed by atoms with E-state index in [2.05, 4.69) is 231 Å². The second-order valence-corrected chi connectivity index (χ2v) is 29.0. The van der Waals surface area contributed by atoms with Crippen LogP contribution in [-0.4, -0.2) is 0 Å². The van der Waals surface area contributed by atoms with E-state index in [1.165, 1.54) is 46.5 Å². The summed E-state index contributed by atoms with van der Waals surface area (Å²) in [6, 6.07) is 121. The lowest BCUT2D eigenvalue weighted by Crippen LogP contribution is -2.29. The summed E-state index contributed by atoms with van der Waals surface area (Å²) in [7, 11) is 0. The minimum Gasteiger partial charge on any atom is -0.457 e. The first-order chi connectivity index (χ1) is 54.1. The maximum absolute atomic E-state index is 17.0. The van der Waals surface area contributed by atoms with Crippen LogP contribution in [0, 0.1) is 23.3 Å². The lowest BCUT2D eigenvalue weighted by atomic mass is 9.67. The van der Waals surface area contributed by atoms with Crippen LogP contribution in [0.15, 0.2) is 364 Å². The number of nitrogens with zero attached hydrogens (tertiary/aromatic N) is 2. The molecule has 0 amide bonds. The lowest BCUT2D eigenvalue weighted by molar-refractivity contribution is 0.480. The van der Waals surface area contributed by atoms with E-state index >= 15 is 17.6 Å². The summed E-state index contributed by atoms with van der Waals surface area (Å²) in [6.07, 6.45) is 4.27. The molecule has 4 aliphatic carbocycles. The quantitative estimate of drug-likeness (QED) is 0.0849. The van der Waals surface area contributed by atoms with Crippen LogP contribution in [0.3, 0.4) is 0 Å². The van der Waals surface area contributed by atoms with Crippen molar-refractivity contribution in [2.24, 2.45) is 0 Å². The highest BCUT2D eigenvalue weighted by Crippen LogP contribution is 2.61. The SMILES string of the molecule is Fc1ccc(N(c2ccc(-c3ccc(N(c4ccc5c(c4)C(c4ccccc4)(c4ccc(Oc6ccc7c(c6)CC7)cc4)c4cc(-c6ccccc6)ccc4-5)c4ccc(F)cc4F)cc3)cc2)c2ccc3c(c2)C(c2ccccc2)(c2ccc(Oc4ccc5c(c4)CC5)cc2)c2cc(-c4ccccc4)ccc2-3)c(F)c1. The van der Waals surface area contributed by atoms with Crippen molar-refractivity contribution in [3.63, 3.8) is 0 Å². The molecule has 4 nitrogen and oxygen atoms in total. The molecule has 20 rings (SSSR count). The van der Waals surface area contributed by atoms with E-state index in [-0.39, 0.29) is 11.4 Å². The van der Waals surface area contributed by atoms with Gasteiger partial charge in [0.1, 0.15) is 46.3 Å². The summed E-state index contributed by atoms with van der Waals surface area (Å²) in [5, 5.41) is 0. The molecule has 2 unspecified atom stereocenters. The Morgan fingerprint density at radius 2 is 0.536 bits per heavy atom. The highest BCUT2D eigenvalue weighted by molar-refractivity contribution is 5.94. The molecule has 0 aliphatic heterocycles. The summed E-state index contributed by atoms with van der Waals surface area (Å²) < 4.78 is 77.5. The highest BCUT2D eigenvalue weighted by Gasteiger charge is 2.49. The van der Waals surface area contributed by atoms with Gasteiger partial charge in [-0.05, 0) is 282 Å². The third-order valence-corrected chi connectivity index (χ3v) is 23.0. The van der Waals surface area contributed by atoms with Gasteiger partial charge in [-0.15, -0.1) is 0 Å². The van der Waals surface area contributed by atoms with Gasteiger partial charge >= 0.3 is 0 Å². The fourth-order valence-corrected chi connectivity index (χ4v) is 17.5. The monoisotopic (exact) mass is 1430 g/mol.